The van der Waals surface area contributed by atoms with E-state index in [9.17, 15) is 0 Å². The van der Waals surface area contributed by atoms with E-state index in [0.29, 0.717) is 23.7 Å². The molecule has 1 aromatic heterocycles. The van der Waals surface area contributed by atoms with Crippen LogP contribution in [0.15, 0.2) is 28.7 Å². The van der Waals surface area contributed by atoms with Crippen molar-refractivity contribution in [3.63, 3.8) is 0 Å². The Hall–Kier alpha value is -1.53. The summed E-state index contributed by atoms with van der Waals surface area (Å²) in [6, 6.07) is 7.64. The van der Waals surface area contributed by atoms with E-state index in [4.69, 9.17) is 16.6 Å². The van der Waals surface area contributed by atoms with Crippen LogP contribution < -0.4 is 11.5 Å². The molecule has 2 rings (SSSR count). The first kappa shape index (κ1) is 11.9. The fourth-order valence-corrected chi connectivity index (χ4v) is 1.84. The summed E-state index contributed by atoms with van der Waals surface area (Å²) in [5.74, 6) is 0.386. The van der Waals surface area contributed by atoms with Gasteiger partial charge in [-0.05, 0) is 12.1 Å². The summed E-state index contributed by atoms with van der Waals surface area (Å²) in [5, 5.41) is 13.2. The maximum atomic E-state index is 8.89. The number of aromatic nitrogens is 2. The number of anilines is 2. The highest BCUT2D eigenvalue weighted by Gasteiger charge is 2.13. The molecule has 5 nitrogen and oxygen atoms in total. The zero-order chi connectivity index (χ0) is 12.4. The third-order valence-corrected chi connectivity index (χ3v) is 2.99. The molecule has 2 aromatic rings. The molecule has 0 unspecified atom stereocenters. The maximum absolute atomic E-state index is 8.89. The van der Waals surface area contributed by atoms with E-state index in [1.165, 1.54) is 4.68 Å². The van der Waals surface area contributed by atoms with E-state index in [-0.39, 0.29) is 6.61 Å². The molecule has 5 N–H and O–H groups in total. The van der Waals surface area contributed by atoms with E-state index >= 15 is 0 Å². The smallest absolute Gasteiger partial charge is 0.145 e. The van der Waals surface area contributed by atoms with Crippen LogP contribution >= 0.6 is 15.9 Å². The van der Waals surface area contributed by atoms with Gasteiger partial charge in [-0.3, -0.25) is 0 Å². The summed E-state index contributed by atoms with van der Waals surface area (Å²) in [7, 11) is 0. The predicted molar refractivity (Wildman–Crippen MR) is 71.3 cm³/mol. The monoisotopic (exact) mass is 296 g/mol. The van der Waals surface area contributed by atoms with Gasteiger partial charge < -0.3 is 16.6 Å². The number of nitrogen functional groups attached to an aromatic ring is 2. The second-order valence-corrected chi connectivity index (χ2v) is 4.52. The number of benzene rings is 1. The largest absolute Gasteiger partial charge is 0.394 e. The summed E-state index contributed by atoms with van der Waals surface area (Å²) in [6.45, 7) is 0.317. The second kappa shape index (κ2) is 4.77. The van der Waals surface area contributed by atoms with Crippen molar-refractivity contribution in [3.05, 3.63) is 28.7 Å². The van der Waals surface area contributed by atoms with Gasteiger partial charge in [0, 0.05) is 10.0 Å². The molecule has 0 radical (unpaired) electrons. The van der Waals surface area contributed by atoms with Crippen LogP contribution in [-0.2, 0) is 6.54 Å². The van der Waals surface area contributed by atoms with Crippen LogP contribution in [0.2, 0.25) is 0 Å². The minimum Gasteiger partial charge on any atom is -0.394 e. The maximum Gasteiger partial charge on any atom is 0.145 e. The standard InChI is InChI=1S/C11H13BrN4O/c12-8-3-1-7(2-4-8)10-9(13)11(14)16(15-10)5-6-17/h1-4,17H,5-6,13-14H2. The topological polar surface area (TPSA) is 90.1 Å². The summed E-state index contributed by atoms with van der Waals surface area (Å²) >= 11 is 3.37. The molecule has 0 fully saturated rings. The number of hydrogen-bond donors (Lipinski definition) is 3. The molecule has 0 aliphatic carbocycles. The first-order valence-corrected chi connectivity index (χ1v) is 5.91. The van der Waals surface area contributed by atoms with Gasteiger partial charge in [0.15, 0.2) is 0 Å². The SMILES string of the molecule is Nc1c(-c2ccc(Br)cc2)nn(CCO)c1N. The molecular formula is C11H13BrN4O. The fraction of sp³-hybridized carbons (Fsp3) is 0.182. The summed E-state index contributed by atoms with van der Waals surface area (Å²) in [6.07, 6.45) is 0. The van der Waals surface area contributed by atoms with Gasteiger partial charge in [0.05, 0.1) is 13.2 Å². The van der Waals surface area contributed by atoms with E-state index in [1.54, 1.807) is 0 Å². The Balaban J connectivity index is 2.45. The van der Waals surface area contributed by atoms with Gasteiger partial charge in [0.1, 0.15) is 17.2 Å². The Labute approximate surface area is 107 Å². The molecule has 90 valence electrons. The minimum absolute atomic E-state index is 0.0227. The van der Waals surface area contributed by atoms with Crippen LogP contribution in [0, 0.1) is 0 Å². The van der Waals surface area contributed by atoms with E-state index < -0.39 is 0 Å². The highest BCUT2D eigenvalue weighted by atomic mass is 79.9. The summed E-state index contributed by atoms with van der Waals surface area (Å²) < 4.78 is 2.50. The van der Waals surface area contributed by atoms with Crippen molar-refractivity contribution in [2.75, 3.05) is 18.1 Å². The lowest BCUT2D eigenvalue weighted by Crippen LogP contribution is -2.08. The first-order chi connectivity index (χ1) is 8.13. The summed E-state index contributed by atoms with van der Waals surface area (Å²) in [4.78, 5) is 0. The van der Waals surface area contributed by atoms with Crippen molar-refractivity contribution in [2.45, 2.75) is 6.54 Å². The van der Waals surface area contributed by atoms with Gasteiger partial charge in [-0.2, -0.15) is 5.10 Å². The fourth-order valence-electron chi connectivity index (χ4n) is 1.57. The second-order valence-electron chi connectivity index (χ2n) is 3.60. The molecule has 1 heterocycles. The van der Waals surface area contributed by atoms with Crippen LogP contribution in [0.25, 0.3) is 11.3 Å². The Morgan fingerprint density at radius 1 is 1.24 bits per heavy atom. The number of nitrogens with zero attached hydrogens (tertiary/aromatic N) is 2. The van der Waals surface area contributed by atoms with Crippen LogP contribution in [0.1, 0.15) is 0 Å². The molecule has 0 spiro atoms. The third kappa shape index (κ3) is 2.27. The molecule has 6 heteroatoms. The minimum atomic E-state index is -0.0227. The average molecular weight is 297 g/mol. The highest BCUT2D eigenvalue weighted by Crippen LogP contribution is 2.30. The molecule has 0 bridgehead atoms. The average Bonchev–Trinajstić information content (AvgIpc) is 2.59. The van der Waals surface area contributed by atoms with Crippen LogP contribution in [-0.4, -0.2) is 21.5 Å². The zero-order valence-corrected chi connectivity index (χ0v) is 10.7. The quantitative estimate of drug-likeness (QED) is 0.800. The number of aliphatic hydroxyl groups excluding tert-OH is 1. The van der Waals surface area contributed by atoms with Crippen molar-refractivity contribution >= 4 is 27.4 Å². The van der Waals surface area contributed by atoms with Crippen molar-refractivity contribution in [2.24, 2.45) is 0 Å². The number of halogens is 1. The van der Waals surface area contributed by atoms with E-state index in [2.05, 4.69) is 21.0 Å². The number of rotatable bonds is 3. The Morgan fingerprint density at radius 2 is 1.88 bits per heavy atom. The van der Waals surface area contributed by atoms with Crippen LogP contribution in [0.4, 0.5) is 11.5 Å². The Morgan fingerprint density at radius 3 is 2.47 bits per heavy atom. The lowest BCUT2D eigenvalue weighted by atomic mass is 10.1. The molecule has 0 amide bonds. The number of aliphatic hydroxyl groups is 1. The van der Waals surface area contributed by atoms with Gasteiger partial charge in [-0.25, -0.2) is 4.68 Å². The van der Waals surface area contributed by atoms with Gasteiger partial charge >= 0.3 is 0 Å². The Bertz CT molecular complexity index is 521. The molecule has 1 aromatic carbocycles. The van der Waals surface area contributed by atoms with Crippen molar-refractivity contribution in [1.82, 2.24) is 9.78 Å². The normalized spacial score (nSPS) is 10.7. The molecule has 0 aliphatic rings. The van der Waals surface area contributed by atoms with Crippen molar-refractivity contribution in [3.8, 4) is 11.3 Å². The van der Waals surface area contributed by atoms with Crippen molar-refractivity contribution < 1.29 is 5.11 Å². The molecule has 0 saturated carbocycles. The van der Waals surface area contributed by atoms with Gasteiger partial charge in [-0.1, -0.05) is 28.1 Å². The van der Waals surface area contributed by atoms with Gasteiger partial charge in [0.2, 0.25) is 0 Å². The number of hydrogen-bond acceptors (Lipinski definition) is 4. The van der Waals surface area contributed by atoms with E-state index in [0.717, 1.165) is 10.0 Å². The molecule has 0 atom stereocenters. The predicted octanol–water partition coefficient (Wildman–Crippen LogP) is 1.47. The Kier molecular flexibility index (Phi) is 3.35. The van der Waals surface area contributed by atoms with Crippen LogP contribution in [0.3, 0.4) is 0 Å². The zero-order valence-electron chi connectivity index (χ0n) is 9.10. The summed E-state index contributed by atoms with van der Waals surface area (Å²) in [5.41, 5.74) is 13.7. The first-order valence-electron chi connectivity index (χ1n) is 5.12. The van der Waals surface area contributed by atoms with Gasteiger partial charge in [0.25, 0.3) is 0 Å². The molecule has 17 heavy (non-hydrogen) atoms. The van der Waals surface area contributed by atoms with E-state index in [1.807, 2.05) is 24.3 Å². The van der Waals surface area contributed by atoms with Gasteiger partial charge in [-0.15, -0.1) is 0 Å². The highest BCUT2D eigenvalue weighted by molar-refractivity contribution is 9.10. The lowest BCUT2D eigenvalue weighted by Gasteiger charge is -1.99. The number of nitrogens with two attached hydrogens (primary N) is 2. The van der Waals surface area contributed by atoms with Crippen molar-refractivity contribution in [1.29, 1.82) is 0 Å². The van der Waals surface area contributed by atoms with Crippen LogP contribution in [0.5, 0.6) is 0 Å². The third-order valence-electron chi connectivity index (χ3n) is 2.46. The lowest BCUT2D eigenvalue weighted by molar-refractivity contribution is 0.270. The molecule has 0 saturated heterocycles. The molecule has 0 aliphatic heterocycles. The molecular weight excluding hydrogens is 284 g/mol.